The Balaban J connectivity index is 1.81. The second-order valence-corrected chi connectivity index (χ2v) is 10.9. The molecule has 0 aliphatic carbocycles. The van der Waals surface area contributed by atoms with Crippen molar-refractivity contribution in [1.29, 1.82) is 0 Å². The summed E-state index contributed by atoms with van der Waals surface area (Å²) in [5.74, 6) is -0.494. The van der Waals surface area contributed by atoms with Gasteiger partial charge < -0.3 is 19.7 Å². The van der Waals surface area contributed by atoms with E-state index >= 15 is 0 Å². The number of nitrogens with one attached hydrogen (secondary N) is 1. The molecule has 1 aromatic carbocycles. The Morgan fingerprint density at radius 3 is 2.48 bits per heavy atom. The molecule has 1 aliphatic rings. The van der Waals surface area contributed by atoms with Gasteiger partial charge in [0.2, 0.25) is 5.30 Å². The van der Waals surface area contributed by atoms with E-state index in [1.54, 1.807) is 40.7 Å². The number of hydrogen-bond acceptors (Lipinski definition) is 5. The SMILES string of the molecule is Cn1nc(C(C)(C)NC(=O)[C@@H]2CN(C(=O)OC(C)(C)C)CCO2)c2cccc([P+](F)(F)F)c21. The van der Waals surface area contributed by atoms with Crippen LogP contribution in [0.4, 0.5) is 17.4 Å². The van der Waals surface area contributed by atoms with E-state index in [1.165, 1.54) is 22.7 Å². The molecule has 1 fully saturated rings. The Kier molecular flexibility index (Phi) is 6.70. The van der Waals surface area contributed by atoms with Gasteiger partial charge in [0.15, 0.2) is 6.10 Å². The Morgan fingerprint density at radius 1 is 1.21 bits per heavy atom. The van der Waals surface area contributed by atoms with Crippen LogP contribution in [-0.4, -0.2) is 58.1 Å². The highest BCUT2D eigenvalue weighted by atomic mass is 31.3. The summed E-state index contributed by atoms with van der Waals surface area (Å²) in [6, 6.07) is 3.96. The summed E-state index contributed by atoms with van der Waals surface area (Å²) in [6.07, 6.45) is -1.49. The van der Waals surface area contributed by atoms with Gasteiger partial charge in [-0.05, 0) is 40.7 Å². The number of nitrogens with zero attached hydrogens (tertiary/aromatic N) is 3. The number of fused-ring (bicyclic) bond motifs is 1. The number of para-hydroxylation sites is 1. The van der Waals surface area contributed by atoms with Gasteiger partial charge in [-0.25, -0.2) is 4.79 Å². The van der Waals surface area contributed by atoms with Crippen molar-refractivity contribution in [1.82, 2.24) is 20.0 Å². The van der Waals surface area contributed by atoms with Gasteiger partial charge in [-0.2, -0.15) is 5.10 Å². The van der Waals surface area contributed by atoms with Crippen LogP contribution in [0.5, 0.6) is 0 Å². The number of aromatic nitrogens is 2. The molecule has 0 unspecified atom stereocenters. The van der Waals surface area contributed by atoms with Crippen molar-refractivity contribution < 1.29 is 31.7 Å². The summed E-state index contributed by atoms with van der Waals surface area (Å²) in [7, 11) is -4.33. The predicted molar refractivity (Wildman–Crippen MR) is 119 cm³/mol. The van der Waals surface area contributed by atoms with Gasteiger partial charge in [0.1, 0.15) is 11.1 Å². The van der Waals surface area contributed by atoms with Crippen LogP contribution in [0, 0.1) is 0 Å². The monoisotopic (exact) mass is 489 g/mol. The molecule has 1 aromatic heterocycles. The predicted octanol–water partition coefficient (Wildman–Crippen LogP) is 3.86. The van der Waals surface area contributed by atoms with E-state index < -0.39 is 42.7 Å². The summed E-state index contributed by atoms with van der Waals surface area (Å²) >= 11 is 0. The highest BCUT2D eigenvalue weighted by molar-refractivity contribution is 7.68. The van der Waals surface area contributed by atoms with Crippen LogP contribution in [-0.2, 0) is 26.9 Å². The van der Waals surface area contributed by atoms with Crippen molar-refractivity contribution in [2.45, 2.75) is 51.9 Å². The maximum Gasteiger partial charge on any atom is 0.604 e. The fraction of sp³-hybridized carbons (Fsp3) is 0.571. The fourth-order valence-electron chi connectivity index (χ4n) is 3.73. The van der Waals surface area contributed by atoms with Crippen LogP contribution in [0.1, 0.15) is 40.3 Å². The quantitative estimate of drug-likeness (QED) is 0.660. The second kappa shape index (κ2) is 8.76. The zero-order valence-electron chi connectivity index (χ0n) is 19.5. The minimum atomic E-state index is -5.78. The van der Waals surface area contributed by atoms with Crippen molar-refractivity contribution in [3.8, 4) is 0 Å². The molecule has 0 bridgehead atoms. The molecule has 0 saturated carbocycles. The minimum absolute atomic E-state index is 0.00247. The van der Waals surface area contributed by atoms with Crippen molar-refractivity contribution in [2.75, 3.05) is 19.7 Å². The first-order valence-corrected chi connectivity index (χ1v) is 11.9. The van der Waals surface area contributed by atoms with Gasteiger partial charge >= 0.3 is 14.3 Å². The van der Waals surface area contributed by atoms with E-state index in [4.69, 9.17) is 9.47 Å². The molecule has 3 rings (SSSR count). The molecule has 1 N–H and O–H groups in total. The molecule has 2 amide bonds. The number of amides is 2. The lowest BCUT2D eigenvalue weighted by Crippen LogP contribution is -2.55. The number of ether oxygens (including phenoxy) is 2. The molecular weight excluding hydrogens is 460 g/mol. The summed E-state index contributed by atoms with van der Waals surface area (Å²) < 4.78 is 52.9. The van der Waals surface area contributed by atoms with Gasteiger partial charge in [-0.3, -0.25) is 9.48 Å². The number of morpholine rings is 1. The first kappa shape index (κ1) is 25.2. The maximum absolute atomic E-state index is 13.6. The number of halogens is 3. The molecule has 33 heavy (non-hydrogen) atoms. The van der Waals surface area contributed by atoms with Crippen LogP contribution in [0.25, 0.3) is 10.9 Å². The molecule has 1 aliphatic heterocycles. The van der Waals surface area contributed by atoms with Crippen molar-refractivity contribution >= 4 is 36.4 Å². The van der Waals surface area contributed by atoms with E-state index in [1.807, 2.05) is 0 Å². The maximum atomic E-state index is 13.6. The molecule has 182 valence electrons. The third kappa shape index (κ3) is 5.58. The third-order valence-electron chi connectivity index (χ3n) is 5.15. The lowest BCUT2D eigenvalue weighted by Gasteiger charge is -2.35. The molecule has 0 spiro atoms. The van der Waals surface area contributed by atoms with E-state index in [0.717, 1.165) is 6.07 Å². The van der Waals surface area contributed by atoms with Crippen LogP contribution >= 0.6 is 8.19 Å². The highest BCUT2D eigenvalue weighted by Crippen LogP contribution is 2.64. The first-order valence-electron chi connectivity index (χ1n) is 10.5. The summed E-state index contributed by atoms with van der Waals surface area (Å²) in [5.41, 5.74) is -1.48. The zero-order chi connectivity index (χ0) is 24.8. The normalized spacial score (nSPS) is 17.8. The third-order valence-corrected chi connectivity index (χ3v) is 6.06. The van der Waals surface area contributed by atoms with Crippen molar-refractivity contribution in [2.24, 2.45) is 7.05 Å². The minimum Gasteiger partial charge on any atom is -0.444 e. The molecular formula is C21H29F3N4O4P+. The van der Waals surface area contributed by atoms with E-state index in [0.29, 0.717) is 11.1 Å². The Labute approximate surface area is 191 Å². The van der Waals surface area contributed by atoms with Crippen LogP contribution in [0.15, 0.2) is 18.2 Å². The Bertz CT molecular complexity index is 1060. The Hall–Kier alpha value is -2.39. The first-order chi connectivity index (χ1) is 15.1. The molecule has 12 heteroatoms. The summed E-state index contributed by atoms with van der Waals surface area (Å²) in [5, 5.41) is 6.76. The van der Waals surface area contributed by atoms with Gasteiger partial charge in [-0.15, -0.1) is 0 Å². The molecule has 2 aromatic rings. The lowest BCUT2D eigenvalue weighted by molar-refractivity contribution is -0.139. The fourth-order valence-corrected chi connectivity index (χ4v) is 4.49. The van der Waals surface area contributed by atoms with E-state index in [-0.39, 0.29) is 25.2 Å². The molecule has 2 heterocycles. The van der Waals surface area contributed by atoms with Crippen LogP contribution in [0.2, 0.25) is 0 Å². The zero-order valence-corrected chi connectivity index (χ0v) is 20.4. The number of rotatable bonds is 4. The summed E-state index contributed by atoms with van der Waals surface area (Å²) in [6.45, 7) is 9.03. The number of aryl methyl sites for hydroxylation is 1. The lowest BCUT2D eigenvalue weighted by atomic mass is 9.96. The molecule has 8 nitrogen and oxygen atoms in total. The Morgan fingerprint density at radius 2 is 1.88 bits per heavy atom. The average molecular weight is 489 g/mol. The largest absolute Gasteiger partial charge is 0.604 e. The number of carbonyl (C=O) groups excluding carboxylic acids is 2. The summed E-state index contributed by atoms with van der Waals surface area (Å²) in [4.78, 5) is 26.8. The second-order valence-electron chi connectivity index (χ2n) is 9.49. The average Bonchev–Trinajstić information content (AvgIpc) is 3.03. The van der Waals surface area contributed by atoms with Crippen molar-refractivity contribution in [3.63, 3.8) is 0 Å². The molecule has 0 radical (unpaired) electrons. The van der Waals surface area contributed by atoms with Gasteiger partial charge in [-0.1, -0.05) is 12.1 Å². The number of benzene rings is 1. The highest BCUT2D eigenvalue weighted by Gasteiger charge is 2.49. The topological polar surface area (TPSA) is 85.7 Å². The van der Waals surface area contributed by atoms with Crippen molar-refractivity contribution in [3.05, 3.63) is 23.9 Å². The smallest absolute Gasteiger partial charge is 0.444 e. The standard InChI is InChI=1S/C21H28F3N4O4P/c1-20(2,3)32-19(30)28-10-11-31-14(12-28)18(29)25-21(4,5)17-13-8-7-9-15(33(22,23)24)16(13)27(6)26-17/h7-9,14H,10-12H2,1-6H3/p+1/t14-/m0/s1. The molecule has 1 saturated heterocycles. The van der Waals surface area contributed by atoms with Gasteiger partial charge in [0, 0.05) is 31.6 Å². The van der Waals surface area contributed by atoms with Gasteiger partial charge in [0.25, 0.3) is 5.91 Å². The molecule has 1 atom stereocenters. The van der Waals surface area contributed by atoms with Crippen LogP contribution < -0.4 is 10.6 Å². The van der Waals surface area contributed by atoms with Crippen LogP contribution in [0.3, 0.4) is 0 Å². The van der Waals surface area contributed by atoms with E-state index in [2.05, 4.69) is 10.4 Å². The van der Waals surface area contributed by atoms with E-state index in [9.17, 15) is 22.2 Å². The number of carbonyl (C=O) groups is 2. The number of hydrogen-bond donors (Lipinski definition) is 1. The van der Waals surface area contributed by atoms with Gasteiger partial charge in [0.05, 0.1) is 24.4 Å².